The lowest BCUT2D eigenvalue weighted by atomic mass is 10.2. The van der Waals surface area contributed by atoms with Gasteiger partial charge in [0.15, 0.2) is 16.7 Å². The zero-order valence-corrected chi connectivity index (χ0v) is 21.6. The van der Waals surface area contributed by atoms with Gasteiger partial charge < -0.3 is 14.9 Å². The van der Waals surface area contributed by atoms with Crippen LogP contribution in [0.3, 0.4) is 0 Å². The number of carbonyl (C=O) groups excluding carboxylic acids is 1. The zero-order chi connectivity index (χ0) is 25.9. The number of ether oxygens (including phenoxy) is 1. The summed E-state index contributed by atoms with van der Waals surface area (Å²) in [4.78, 5) is 32.9. The van der Waals surface area contributed by atoms with E-state index in [1.165, 1.54) is 23.2 Å². The fraction of sp³-hybridized carbons (Fsp3) is 0.231. The number of aromatic nitrogens is 2. The maximum atomic E-state index is 13.7. The highest BCUT2D eigenvalue weighted by Gasteiger charge is 2.24. The standard InChI is InChI=1S/C26H24N4O5S2/c1-2-35-17-9-7-16(8-10-17)30-25(34)23-18-4-3-5-21(18)37-24(23)28-26(30)36-14-22(33)29-27-13-15-6-11-19(31)20(32)12-15/h6-13,31-32H,2-5,14H2,1H3,(H,29,33)/b27-13+. The van der Waals surface area contributed by atoms with Gasteiger partial charge in [-0.15, -0.1) is 11.3 Å². The Hall–Kier alpha value is -3.83. The summed E-state index contributed by atoms with van der Waals surface area (Å²) in [5.41, 5.74) is 4.55. The number of phenols is 2. The van der Waals surface area contributed by atoms with Crippen LogP contribution in [-0.2, 0) is 17.6 Å². The topological polar surface area (TPSA) is 126 Å². The van der Waals surface area contributed by atoms with Crippen molar-refractivity contribution >= 4 is 45.4 Å². The molecule has 0 radical (unpaired) electrons. The molecule has 0 atom stereocenters. The third-order valence-electron chi connectivity index (χ3n) is 5.85. The molecule has 1 aliphatic carbocycles. The first-order valence-corrected chi connectivity index (χ1v) is 13.5. The quantitative estimate of drug-likeness (QED) is 0.102. The summed E-state index contributed by atoms with van der Waals surface area (Å²) in [6.07, 6.45) is 4.23. The lowest BCUT2D eigenvalue weighted by Gasteiger charge is -2.13. The number of nitrogens with one attached hydrogen (secondary N) is 1. The normalized spacial score (nSPS) is 12.8. The lowest BCUT2D eigenvalue weighted by Crippen LogP contribution is -2.24. The second kappa shape index (κ2) is 10.7. The van der Waals surface area contributed by atoms with Crippen LogP contribution in [0.5, 0.6) is 17.2 Å². The molecule has 9 nitrogen and oxygen atoms in total. The Kier molecular flexibility index (Phi) is 7.15. The minimum atomic E-state index is -0.384. The minimum absolute atomic E-state index is 0.0156. The predicted molar refractivity (Wildman–Crippen MR) is 145 cm³/mol. The van der Waals surface area contributed by atoms with E-state index < -0.39 is 0 Å². The number of thioether (sulfide) groups is 1. The van der Waals surface area contributed by atoms with Crippen molar-refractivity contribution in [2.45, 2.75) is 31.3 Å². The Morgan fingerprint density at radius 1 is 1.22 bits per heavy atom. The number of aromatic hydroxyl groups is 2. The third kappa shape index (κ3) is 5.18. The van der Waals surface area contributed by atoms with Crippen molar-refractivity contribution in [3.8, 4) is 22.9 Å². The van der Waals surface area contributed by atoms with Crippen LogP contribution in [0.25, 0.3) is 15.9 Å². The first-order chi connectivity index (χ1) is 17.9. The molecule has 11 heteroatoms. The molecule has 2 aromatic carbocycles. The molecular formula is C26H24N4O5S2. The van der Waals surface area contributed by atoms with Gasteiger partial charge in [-0.25, -0.2) is 10.4 Å². The van der Waals surface area contributed by atoms with Gasteiger partial charge in [-0.05, 0) is 79.8 Å². The van der Waals surface area contributed by atoms with Gasteiger partial charge in [0, 0.05) is 4.88 Å². The van der Waals surface area contributed by atoms with Crippen molar-refractivity contribution in [1.29, 1.82) is 0 Å². The van der Waals surface area contributed by atoms with E-state index in [1.807, 2.05) is 31.2 Å². The van der Waals surface area contributed by atoms with Crippen molar-refractivity contribution in [2.24, 2.45) is 5.10 Å². The maximum absolute atomic E-state index is 13.7. The molecule has 4 aromatic rings. The van der Waals surface area contributed by atoms with Crippen LogP contribution in [0.1, 0.15) is 29.3 Å². The number of aryl methyl sites for hydroxylation is 2. The van der Waals surface area contributed by atoms with Crippen molar-refractivity contribution in [3.05, 3.63) is 68.8 Å². The van der Waals surface area contributed by atoms with Gasteiger partial charge >= 0.3 is 0 Å². The number of amides is 1. The smallest absolute Gasteiger partial charge is 0.267 e. The minimum Gasteiger partial charge on any atom is -0.504 e. The Labute approximate surface area is 220 Å². The predicted octanol–water partition coefficient (Wildman–Crippen LogP) is 3.99. The summed E-state index contributed by atoms with van der Waals surface area (Å²) in [6, 6.07) is 11.5. The molecule has 3 N–H and O–H groups in total. The number of rotatable bonds is 8. The van der Waals surface area contributed by atoms with E-state index in [1.54, 1.807) is 22.0 Å². The summed E-state index contributed by atoms with van der Waals surface area (Å²) in [5.74, 6) is -0.211. The monoisotopic (exact) mass is 536 g/mol. The van der Waals surface area contributed by atoms with Gasteiger partial charge in [0.05, 0.1) is 29.6 Å². The molecule has 5 rings (SSSR count). The van der Waals surface area contributed by atoms with Gasteiger partial charge in [-0.3, -0.25) is 14.2 Å². The van der Waals surface area contributed by atoms with Crippen LogP contribution < -0.4 is 15.7 Å². The summed E-state index contributed by atoms with van der Waals surface area (Å²) < 4.78 is 7.10. The summed E-state index contributed by atoms with van der Waals surface area (Å²) >= 11 is 2.71. The Morgan fingerprint density at radius 3 is 2.78 bits per heavy atom. The highest BCUT2D eigenvalue weighted by atomic mass is 32.2. The third-order valence-corrected chi connectivity index (χ3v) is 7.97. The number of phenolic OH excluding ortho intramolecular Hbond substituents is 2. The number of carbonyl (C=O) groups is 1. The molecule has 0 bridgehead atoms. The fourth-order valence-corrected chi connectivity index (χ4v) is 6.28. The maximum Gasteiger partial charge on any atom is 0.267 e. The number of hydrogen-bond acceptors (Lipinski definition) is 9. The van der Waals surface area contributed by atoms with Gasteiger partial charge in [0.25, 0.3) is 11.5 Å². The van der Waals surface area contributed by atoms with Gasteiger partial charge in [0.1, 0.15) is 10.6 Å². The van der Waals surface area contributed by atoms with Crippen molar-refractivity contribution < 1.29 is 19.7 Å². The van der Waals surface area contributed by atoms with E-state index in [-0.39, 0.29) is 28.7 Å². The number of benzene rings is 2. The Morgan fingerprint density at radius 2 is 2.03 bits per heavy atom. The van der Waals surface area contributed by atoms with Crippen LogP contribution in [0.2, 0.25) is 0 Å². The average Bonchev–Trinajstić information content (AvgIpc) is 3.47. The molecule has 190 valence electrons. The van der Waals surface area contributed by atoms with Gasteiger partial charge in [0.2, 0.25) is 0 Å². The van der Waals surface area contributed by atoms with Gasteiger partial charge in [-0.1, -0.05) is 11.8 Å². The van der Waals surface area contributed by atoms with Crippen LogP contribution in [0, 0.1) is 0 Å². The molecular weight excluding hydrogens is 512 g/mol. The summed E-state index contributed by atoms with van der Waals surface area (Å²) in [7, 11) is 0. The number of hydrogen-bond donors (Lipinski definition) is 3. The zero-order valence-electron chi connectivity index (χ0n) is 19.9. The molecule has 0 aliphatic heterocycles. The number of hydrazone groups is 1. The molecule has 1 amide bonds. The molecule has 0 fully saturated rings. The van der Waals surface area contributed by atoms with Crippen LogP contribution in [0.15, 0.2) is 57.5 Å². The number of fused-ring (bicyclic) bond motifs is 3. The average molecular weight is 537 g/mol. The van der Waals surface area contributed by atoms with Crippen LogP contribution in [0.4, 0.5) is 0 Å². The molecule has 0 saturated carbocycles. The first kappa shape index (κ1) is 24.8. The Balaban J connectivity index is 1.40. The van der Waals surface area contributed by atoms with E-state index in [9.17, 15) is 19.8 Å². The molecule has 37 heavy (non-hydrogen) atoms. The summed E-state index contributed by atoms with van der Waals surface area (Å²) in [5, 5.41) is 24.0. The van der Waals surface area contributed by atoms with E-state index in [0.29, 0.717) is 39.0 Å². The van der Waals surface area contributed by atoms with Crippen molar-refractivity contribution in [1.82, 2.24) is 15.0 Å². The second-order valence-electron chi connectivity index (χ2n) is 8.33. The van der Waals surface area contributed by atoms with Crippen molar-refractivity contribution in [3.63, 3.8) is 0 Å². The molecule has 0 saturated heterocycles. The fourth-order valence-electron chi connectivity index (χ4n) is 4.17. The highest BCUT2D eigenvalue weighted by Crippen LogP contribution is 2.36. The largest absolute Gasteiger partial charge is 0.504 e. The summed E-state index contributed by atoms with van der Waals surface area (Å²) in [6.45, 7) is 2.45. The molecule has 2 heterocycles. The molecule has 1 aliphatic rings. The van der Waals surface area contributed by atoms with Crippen LogP contribution >= 0.6 is 23.1 Å². The van der Waals surface area contributed by atoms with E-state index in [0.717, 1.165) is 36.6 Å². The second-order valence-corrected chi connectivity index (χ2v) is 10.4. The van der Waals surface area contributed by atoms with E-state index in [2.05, 4.69) is 10.5 Å². The van der Waals surface area contributed by atoms with Gasteiger partial charge in [-0.2, -0.15) is 5.10 Å². The van der Waals surface area contributed by atoms with Crippen LogP contribution in [-0.4, -0.2) is 44.2 Å². The Bertz CT molecular complexity index is 1560. The lowest BCUT2D eigenvalue weighted by molar-refractivity contribution is -0.118. The molecule has 0 spiro atoms. The number of nitrogens with zero attached hydrogens (tertiary/aromatic N) is 3. The molecule has 2 aromatic heterocycles. The SMILES string of the molecule is CCOc1ccc(-n2c(SCC(=O)N/N=C/c3ccc(O)c(O)c3)nc3sc4c(c3c2=O)CCC4)cc1. The molecule has 0 unspecified atom stereocenters. The first-order valence-electron chi connectivity index (χ1n) is 11.7. The van der Waals surface area contributed by atoms with Crippen molar-refractivity contribution in [2.75, 3.05) is 12.4 Å². The van der Waals surface area contributed by atoms with E-state index in [4.69, 9.17) is 9.72 Å². The number of thiophene rings is 1. The highest BCUT2D eigenvalue weighted by molar-refractivity contribution is 7.99. The van der Waals surface area contributed by atoms with E-state index >= 15 is 0 Å².